The Balaban J connectivity index is 1.68. The van der Waals surface area contributed by atoms with Crippen LogP contribution >= 0.6 is 0 Å². The lowest BCUT2D eigenvalue weighted by Gasteiger charge is -2.23. The summed E-state index contributed by atoms with van der Waals surface area (Å²) >= 11 is 0. The largest absolute Gasteiger partial charge is 0.370 e. The van der Waals surface area contributed by atoms with Gasteiger partial charge in [0.25, 0.3) is 5.91 Å². The van der Waals surface area contributed by atoms with Crippen molar-refractivity contribution >= 4 is 21.4 Å². The molecule has 8 heteroatoms. The van der Waals surface area contributed by atoms with Gasteiger partial charge in [-0.1, -0.05) is 0 Å². The molecule has 25 heavy (non-hydrogen) atoms. The highest BCUT2D eigenvalue weighted by molar-refractivity contribution is 7.90. The van der Waals surface area contributed by atoms with Crippen LogP contribution in [0.4, 0.5) is 5.69 Å². The highest BCUT2D eigenvalue weighted by atomic mass is 32.2. The Labute approximate surface area is 147 Å². The van der Waals surface area contributed by atoms with Crippen LogP contribution in [0, 0.1) is 0 Å². The van der Waals surface area contributed by atoms with Gasteiger partial charge >= 0.3 is 0 Å². The molecule has 7 nitrogen and oxygen atoms in total. The van der Waals surface area contributed by atoms with E-state index in [0.29, 0.717) is 30.2 Å². The van der Waals surface area contributed by atoms with Gasteiger partial charge in [0.05, 0.1) is 4.90 Å². The minimum Gasteiger partial charge on any atom is -0.370 e. The van der Waals surface area contributed by atoms with E-state index >= 15 is 0 Å². The lowest BCUT2D eigenvalue weighted by molar-refractivity contribution is 0.0760. The summed E-state index contributed by atoms with van der Waals surface area (Å²) in [4.78, 5) is 16.9. The van der Waals surface area contributed by atoms with Crippen LogP contribution in [0.25, 0.3) is 0 Å². The molecule has 1 aromatic carbocycles. The summed E-state index contributed by atoms with van der Waals surface area (Å²) in [5, 5.41) is 4.18. The number of carbonyl (C=O) groups is 1. The molecule has 1 saturated heterocycles. The monoisotopic (exact) mass is 362 g/mol. The number of amides is 1. The zero-order valence-electron chi connectivity index (χ0n) is 14.4. The van der Waals surface area contributed by atoms with E-state index < -0.39 is 9.84 Å². The van der Waals surface area contributed by atoms with Gasteiger partial charge in [0.1, 0.15) is 5.69 Å². The number of aryl methyl sites for hydroxylation is 1. The first-order valence-corrected chi connectivity index (χ1v) is 10.1. The van der Waals surface area contributed by atoms with Crippen molar-refractivity contribution in [2.24, 2.45) is 7.05 Å². The molecule has 134 valence electrons. The lowest BCUT2D eigenvalue weighted by Crippen LogP contribution is -2.35. The zero-order chi connectivity index (χ0) is 18.0. The number of nitrogens with zero attached hydrogens (tertiary/aromatic N) is 4. The second-order valence-electron chi connectivity index (χ2n) is 6.27. The maximum Gasteiger partial charge on any atom is 0.274 e. The minimum absolute atomic E-state index is 0.0464. The van der Waals surface area contributed by atoms with Gasteiger partial charge in [0.2, 0.25) is 0 Å². The second kappa shape index (κ2) is 6.87. The molecule has 3 rings (SSSR count). The third kappa shape index (κ3) is 4.01. The number of hydrogen-bond acceptors (Lipinski definition) is 5. The van der Waals surface area contributed by atoms with Gasteiger partial charge in [-0.3, -0.25) is 9.48 Å². The highest BCUT2D eigenvalue weighted by Gasteiger charge is 2.22. The zero-order valence-corrected chi connectivity index (χ0v) is 15.2. The van der Waals surface area contributed by atoms with E-state index in [1.165, 1.54) is 6.26 Å². The van der Waals surface area contributed by atoms with Crippen LogP contribution < -0.4 is 4.90 Å². The summed E-state index contributed by atoms with van der Waals surface area (Å²) in [6, 6.07) is 8.65. The summed E-state index contributed by atoms with van der Waals surface area (Å²) in [5.74, 6) is -0.0464. The molecule has 2 aromatic rings. The van der Waals surface area contributed by atoms with E-state index in [4.69, 9.17) is 0 Å². The number of carbonyl (C=O) groups excluding carboxylic acids is 1. The summed E-state index contributed by atoms with van der Waals surface area (Å²) in [6.07, 6.45) is 3.82. The molecule has 1 aromatic heterocycles. The number of benzene rings is 1. The topological polar surface area (TPSA) is 75.5 Å². The quantitative estimate of drug-likeness (QED) is 0.819. The smallest absolute Gasteiger partial charge is 0.274 e. The van der Waals surface area contributed by atoms with E-state index in [1.54, 1.807) is 36.1 Å². The molecule has 0 radical (unpaired) electrons. The third-order valence-electron chi connectivity index (χ3n) is 4.35. The Kier molecular flexibility index (Phi) is 4.80. The molecule has 0 N–H and O–H groups in total. The molecule has 1 aliphatic rings. The third-order valence-corrected chi connectivity index (χ3v) is 5.47. The molecule has 0 unspecified atom stereocenters. The van der Waals surface area contributed by atoms with Crippen molar-refractivity contribution in [2.45, 2.75) is 11.3 Å². The van der Waals surface area contributed by atoms with Gasteiger partial charge in [-0.15, -0.1) is 0 Å². The fourth-order valence-corrected chi connectivity index (χ4v) is 3.60. The molecule has 1 fully saturated rings. The highest BCUT2D eigenvalue weighted by Crippen LogP contribution is 2.20. The first-order valence-electron chi connectivity index (χ1n) is 8.18. The number of sulfone groups is 1. The summed E-state index contributed by atoms with van der Waals surface area (Å²) < 4.78 is 24.8. The molecule has 0 bridgehead atoms. The summed E-state index contributed by atoms with van der Waals surface area (Å²) in [5.41, 5.74) is 1.44. The van der Waals surface area contributed by atoms with E-state index in [0.717, 1.165) is 18.7 Å². The number of rotatable bonds is 3. The van der Waals surface area contributed by atoms with Crippen LogP contribution in [0.5, 0.6) is 0 Å². The van der Waals surface area contributed by atoms with E-state index in [9.17, 15) is 13.2 Å². The number of anilines is 1. The molecule has 0 aliphatic carbocycles. The molecular formula is C17H22N4O3S. The first kappa shape index (κ1) is 17.5. The molecule has 2 heterocycles. The second-order valence-corrected chi connectivity index (χ2v) is 8.29. The number of hydrogen-bond donors (Lipinski definition) is 0. The number of aromatic nitrogens is 2. The van der Waals surface area contributed by atoms with E-state index in [2.05, 4.69) is 10.00 Å². The summed E-state index contributed by atoms with van der Waals surface area (Å²) in [6.45, 7) is 2.83. The molecule has 0 atom stereocenters. The van der Waals surface area contributed by atoms with Crippen molar-refractivity contribution in [1.82, 2.24) is 14.7 Å². The van der Waals surface area contributed by atoms with Crippen molar-refractivity contribution in [1.29, 1.82) is 0 Å². The Hall–Kier alpha value is -2.35. The van der Waals surface area contributed by atoms with Crippen molar-refractivity contribution < 1.29 is 13.2 Å². The Morgan fingerprint density at radius 2 is 1.76 bits per heavy atom. The van der Waals surface area contributed by atoms with Crippen LogP contribution in [-0.4, -0.2) is 61.4 Å². The van der Waals surface area contributed by atoms with Crippen molar-refractivity contribution in [3.63, 3.8) is 0 Å². The van der Waals surface area contributed by atoms with Gasteiger partial charge in [-0.2, -0.15) is 5.10 Å². The van der Waals surface area contributed by atoms with Crippen LogP contribution in [0.1, 0.15) is 16.9 Å². The average molecular weight is 362 g/mol. The first-order chi connectivity index (χ1) is 11.8. The fraction of sp³-hybridized carbons (Fsp3) is 0.412. The molecule has 0 spiro atoms. The summed E-state index contributed by atoms with van der Waals surface area (Å²) in [7, 11) is -1.39. The van der Waals surface area contributed by atoms with Crippen LogP contribution in [0.15, 0.2) is 41.4 Å². The predicted octanol–water partition coefficient (Wildman–Crippen LogP) is 1.18. The Morgan fingerprint density at radius 1 is 1.04 bits per heavy atom. The Bertz CT molecular complexity index is 858. The molecule has 0 saturated carbocycles. The SMILES string of the molecule is Cn1ccc(C(=O)N2CCCN(c3ccc(S(C)(=O)=O)cc3)CC2)n1. The minimum atomic E-state index is -3.19. The van der Waals surface area contributed by atoms with E-state index in [-0.39, 0.29) is 5.91 Å². The van der Waals surface area contributed by atoms with Gasteiger partial charge in [-0.25, -0.2) is 8.42 Å². The maximum absolute atomic E-state index is 12.5. The normalized spacial score (nSPS) is 15.9. The van der Waals surface area contributed by atoms with Crippen LogP contribution in [0.2, 0.25) is 0 Å². The standard InChI is InChI=1S/C17H22N4O3S/c1-19-11-8-16(18-19)17(22)21-10-3-9-20(12-13-21)14-4-6-15(7-5-14)25(2,23)24/h4-8,11H,3,9-10,12-13H2,1-2H3. The van der Waals surface area contributed by atoms with Crippen molar-refractivity contribution in [2.75, 3.05) is 37.3 Å². The van der Waals surface area contributed by atoms with Gasteiger partial charge in [0, 0.05) is 51.4 Å². The van der Waals surface area contributed by atoms with Gasteiger partial charge < -0.3 is 9.80 Å². The van der Waals surface area contributed by atoms with Gasteiger partial charge in [-0.05, 0) is 36.8 Å². The Morgan fingerprint density at radius 3 is 2.36 bits per heavy atom. The molecular weight excluding hydrogens is 340 g/mol. The lowest BCUT2D eigenvalue weighted by atomic mass is 10.2. The maximum atomic E-state index is 12.5. The average Bonchev–Trinajstić information content (AvgIpc) is 2.86. The van der Waals surface area contributed by atoms with E-state index in [1.807, 2.05) is 17.0 Å². The van der Waals surface area contributed by atoms with Gasteiger partial charge in [0.15, 0.2) is 9.84 Å². The fourth-order valence-electron chi connectivity index (χ4n) is 2.97. The van der Waals surface area contributed by atoms with Crippen LogP contribution in [-0.2, 0) is 16.9 Å². The van der Waals surface area contributed by atoms with Crippen molar-refractivity contribution in [3.05, 3.63) is 42.2 Å². The van der Waals surface area contributed by atoms with Crippen LogP contribution in [0.3, 0.4) is 0 Å². The van der Waals surface area contributed by atoms with Crippen molar-refractivity contribution in [3.8, 4) is 0 Å². The molecule has 1 amide bonds. The predicted molar refractivity (Wildman–Crippen MR) is 95.5 cm³/mol. The molecule has 1 aliphatic heterocycles.